The zero-order valence-corrected chi connectivity index (χ0v) is 21.1. The van der Waals surface area contributed by atoms with E-state index in [1.165, 1.54) is 19.2 Å². The minimum atomic E-state index is -1.05. The van der Waals surface area contributed by atoms with Gasteiger partial charge in [0.25, 0.3) is 5.91 Å². The lowest BCUT2D eigenvalue weighted by Crippen LogP contribution is -2.53. The Hall–Kier alpha value is -3.62. The van der Waals surface area contributed by atoms with E-state index in [0.29, 0.717) is 30.7 Å². The fourth-order valence-corrected chi connectivity index (χ4v) is 4.40. The van der Waals surface area contributed by atoms with Gasteiger partial charge in [-0.1, -0.05) is 26.8 Å². The molecule has 2 aromatic rings. The molecule has 9 heteroatoms. The molecule has 0 spiro atoms. The average molecular weight is 500 g/mol. The van der Waals surface area contributed by atoms with E-state index in [-0.39, 0.29) is 24.2 Å². The number of methoxy groups -OCH3 is 1. The number of benzene rings is 2. The van der Waals surface area contributed by atoms with Gasteiger partial charge in [0.15, 0.2) is 0 Å². The highest BCUT2D eigenvalue weighted by atomic mass is 19.1. The first-order valence-corrected chi connectivity index (χ1v) is 12.0. The van der Waals surface area contributed by atoms with Gasteiger partial charge in [0.1, 0.15) is 17.6 Å². The summed E-state index contributed by atoms with van der Waals surface area (Å²) in [5.74, 6) is -1.73. The van der Waals surface area contributed by atoms with Crippen LogP contribution in [-0.2, 0) is 16.0 Å². The number of carbonyl (C=O) groups excluding carboxylic acids is 2. The van der Waals surface area contributed by atoms with Gasteiger partial charge < -0.3 is 25.4 Å². The summed E-state index contributed by atoms with van der Waals surface area (Å²) in [5.41, 5.74) is 1.75. The monoisotopic (exact) mass is 499 g/mol. The molecule has 1 aliphatic rings. The Balaban J connectivity index is 1.76. The normalized spacial score (nSPS) is 14.5. The molecular weight excluding hydrogens is 465 g/mol. The second-order valence-electron chi connectivity index (χ2n) is 10.3. The average Bonchev–Trinajstić information content (AvgIpc) is 3.18. The number of rotatable bonds is 10. The Morgan fingerprint density at radius 3 is 2.56 bits per heavy atom. The summed E-state index contributed by atoms with van der Waals surface area (Å²) in [4.78, 5) is 39.8. The van der Waals surface area contributed by atoms with Crippen molar-refractivity contribution in [3.63, 3.8) is 0 Å². The molecule has 8 nitrogen and oxygen atoms in total. The van der Waals surface area contributed by atoms with Gasteiger partial charge in [-0.15, -0.1) is 0 Å². The van der Waals surface area contributed by atoms with E-state index in [2.05, 4.69) is 10.6 Å². The molecule has 3 rings (SSSR count). The number of anilines is 1. The molecular formula is C27H34FN3O5. The second-order valence-corrected chi connectivity index (χ2v) is 10.3. The molecule has 0 saturated heterocycles. The van der Waals surface area contributed by atoms with Crippen molar-refractivity contribution in [1.29, 1.82) is 0 Å². The number of hydrogen-bond donors (Lipinski definition) is 3. The zero-order valence-electron chi connectivity index (χ0n) is 21.1. The largest absolute Gasteiger partial charge is 0.497 e. The highest BCUT2D eigenvalue weighted by molar-refractivity contribution is 5.98. The van der Waals surface area contributed by atoms with Crippen LogP contribution in [0.1, 0.15) is 49.5 Å². The highest BCUT2D eigenvalue weighted by Gasteiger charge is 2.31. The Morgan fingerprint density at radius 1 is 1.14 bits per heavy atom. The summed E-state index contributed by atoms with van der Waals surface area (Å²) in [6.45, 7) is 6.73. The van der Waals surface area contributed by atoms with Crippen LogP contribution in [0.15, 0.2) is 42.5 Å². The first-order chi connectivity index (χ1) is 16.9. The summed E-state index contributed by atoms with van der Waals surface area (Å²) in [6, 6.07) is 9.57. The molecule has 0 fully saturated rings. The quantitative estimate of drug-likeness (QED) is 0.463. The lowest BCUT2D eigenvalue weighted by Gasteiger charge is -2.30. The van der Waals surface area contributed by atoms with Crippen molar-refractivity contribution in [2.45, 2.75) is 52.1 Å². The summed E-state index contributed by atoms with van der Waals surface area (Å²) in [6.07, 6.45) is 0.703. The maximum atomic E-state index is 13.6. The lowest BCUT2D eigenvalue weighted by molar-refractivity contribution is -0.137. The lowest BCUT2D eigenvalue weighted by atomic mass is 9.87. The number of nitrogens with one attached hydrogen (secondary N) is 2. The van der Waals surface area contributed by atoms with Crippen molar-refractivity contribution in [2.75, 3.05) is 25.1 Å². The molecule has 194 valence electrons. The van der Waals surface area contributed by atoms with Crippen LogP contribution in [0.2, 0.25) is 0 Å². The minimum absolute atomic E-state index is 0.253. The molecule has 36 heavy (non-hydrogen) atoms. The Morgan fingerprint density at radius 2 is 1.89 bits per heavy atom. The van der Waals surface area contributed by atoms with E-state index >= 15 is 0 Å². The number of fused-ring (bicyclic) bond motifs is 1. The SMILES string of the molecule is COc1cccc(C(=O)N[C@@H](CC(C)(C)C)C(=O)N[C@@H](CC(=O)O)CN2CCc3cc(F)ccc32)c1. The van der Waals surface area contributed by atoms with E-state index < -0.39 is 29.9 Å². The fourth-order valence-electron chi connectivity index (χ4n) is 4.40. The van der Waals surface area contributed by atoms with Gasteiger partial charge in [0, 0.05) is 24.3 Å². The van der Waals surface area contributed by atoms with Crippen molar-refractivity contribution < 1.29 is 28.6 Å². The summed E-state index contributed by atoms with van der Waals surface area (Å²) < 4.78 is 18.8. The van der Waals surface area contributed by atoms with Crippen molar-refractivity contribution in [2.24, 2.45) is 5.41 Å². The first kappa shape index (κ1) is 27.0. The van der Waals surface area contributed by atoms with Gasteiger partial charge in [-0.2, -0.15) is 0 Å². The number of ether oxygens (including phenoxy) is 1. The summed E-state index contributed by atoms with van der Waals surface area (Å²) in [5, 5.41) is 15.1. The molecule has 2 amide bonds. The van der Waals surface area contributed by atoms with E-state index in [1.54, 1.807) is 30.3 Å². The van der Waals surface area contributed by atoms with Crippen LogP contribution in [0, 0.1) is 11.2 Å². The topological polar surface area (TPSA) is 108 Å². The number of carbonyl (C=O) groups is 3. The van der Waals surface area contributed by atoms with E-state index in [4.69, 9.17) is 4.74 Å². The molecule has 2 atom stereocenters. The third kappa shape index (κ3) is 7.44. The van der Waals surface area contributed by atoms with Crippen LogP contribution in [0.4, 0.5) is 10.1 Å². The van der Waals surface area contributed by atoms with Crippen molar-refractivity contribution in [1.82, 2.24) is 10.6 Å². The number of amides is 2. The van der Waals surface area contributed by atoms with Crippen LogP contribution < -0.4 is 20.3 Å². The molecule has 0 aromatic heterocycles. The highest BCUT2D eigenvalue weighted by Crippen LogP contribution is 2.29. The number of carboxylic acids is 1. The van der Waals surface area contributed by atoms with Gasteiger partial charge in [0.05, 0.1) is 19.6 Å². The second kappa shape index (κ2) is 11.4. The van der Waals surface area contributed by atoms with Gasteiger partial charge in [0.2, 0.25) is 5.91 Å². The molecule has 1 heterocycles. The first-order valence-electron chi connectivity index (χ1n) is 12.0. The Kier molecular flexibility index (Phi) is 8.55. The molecule has 0 saturated carbocycles. The van der Waals surface area contributed by atoms with Crippen LogP contribution in [0.25, 0.3) is 0 Å². The maximum absolute atomic E-state index is 13.6. The van der Waals surface area contributed by atoms with Crippen LogP contribution in [-0.4, -0.2) is 55.2 Å². The van der Waals surface area contributed by atoms with Gasteiger partial charge in [-0.05, 0) is 60.2 Å². The van der Waals surface area contributed by atoms with Crippen LogP contribution >= 0.6 is 0 Å². The van der Waals surface area contributed by atoms with Crippen molar-refractivity contribution in [3.05, 3.63) is 59.4 Å². The predicted molar refractivity (Wildman–Crippen MR) is 135 cm³/mol. The van der Waals surface area contributed by atoms with Crippen LogP contribution in [0.3, 0.4) is 0 Å². The van der Waals surface area contributed by atoms with Gasteiger partial charge in [-0.3, -0.25) is 14.4 Å². The van der Waals surface area contributed by atoms with Crippen LogP contribution in [0.5, 0.6) is 5.75 Å². The molecule has 0 unspecified atom stereocenters. The molecule has 0 radical (unpaired) electrons. The number of hydrogen-bond acceptors (Lipinski definition) is 5. The minimum Gasteiger partial charge on any atom is -0.497 e. The van der Waals surface area contributed by atoms with Crippen molar-refractivity contribution in [3.8, 4) is 5.75 Å². The maximum Gasteiger partial charge on any atom is 0.305 e. The number of carboxylic acid groups (broad SMARTS) is 1. The summed E-state index contributed by atoms with van der Waals surface area (Å²) in [7, 11) is 1.50. The molecule has 3 N–H and O–H groups in total. The number of nitrogens with zero attached hydrogens (tertiary/aromatic N) is 1. The molecule has 2 aromatic carbocycles. The number of halogens is 1. The van der Waals surface area contributed by atoms with Crippen molar-refractivity contribution >= 4 is 23.5 Å². The molecule has 0 aliphatic carbocycles. The van der Waals surface area contributed by atoms with E-state index in [0.717, 1.165) is 11.3 Å². The smallest absolute Gasteiger partial charge is 0.305 e. The summed E-state index contributed by atoms with van der Waals surface area (Å²) >= 11 is 0. The van der Waals surface area contributed by atoms with E-state index in [1.807, 2.05) is 25.7 Å². The Bertz CT molecular complexity index is 1110. The van der Waals surface area contributed by atoms with Gasteiger partial charge >= 0.3 is 5.97 Å². The van der Waals surface area contributed by atoms with E-state index in [9.17, 15) is 23.9 Å². The molecule has 1 aliphatic heterocycles. The Labute approximate surface area is 210 Å². The zero-order chi connectivity index (χ0) is 26.5. The number of aliphatic carboxylic acids is 1. The van der Waals surface area contributed by atoms with Gasteiger partial charge in [-0.25, -0.2) is 4.39 Å². The third-order valence-corrected chi connectivity index (χ3v) is 6.01. The predicted octanol–water partition coefficient (Wildman–Crippen LogP) is 3.39. The standard InChI is InChI=1S/C27H34FN3O5/c1-27(2,3)15-22(30-25(34)18-6-5-7-21(13-18)36-4)26(35)29-20(14-24(32)33)16-31-11-10-17-12-19(28)8-9-23(17)31/h5-9,12-13,20,22H,10-11,14-16H2,1-4H3,(H,29,35)(H,30,34)(H,32,33)/t20-,22-/m0/s1. The molecule has 0 bridgehead atoms. The fraction of sp³-hybridized carbons (Fsp3) is 0.444. The third-order valence-electron chi connectivity index (χ3n) is 6.01.